The lowest BCUT2D eigenvalue weighted by molar-refractivity contribution is 0.405. The van der Waals surface area contributed by atoms with Crippen molar-refractivity contribution in [3.63, 3.8) is 0 Å². The largest absolute Gasteiger partial charge is 0.496 e. The molecule has 108 valence electrons. The van der Waals surface area contributed by atoms with Crippen molar-refractivity contribution in [3.05, 3.63) is 29.3 Å². The van der Waals surface area contributed by atoms with E-state index in [-0.39, 0.29) is 6.04 Å². The molecule has 0 radical (unpaired) electrons. The molecule has 1 unspecified atom stereocenters. The highest BCUT2D eigenvalue weighted by atomic mass is 16.5. The van der Waals surface area contributed by atoms with Crippen LogP contribution in [-0.4, -0.2) is 13.2 Å². The lowest BCUT2D eigenvalue weighted by Crippen LogP contribution is -2.08. The molecule has 1 aliphatic carbocycles. The van der Waals surface area contributed by atoms with Gasteiger partial charge in [-0.15, -0.1) is 0 Å². The lowest BCUT2D eigenvalue weighted by atomic mass is 9.89. The first-order chi connectivity index (χ1) is 9.67. The fourth-order valence-electron chi connectivity index (χ4n) is 3.17. The van der Waals surface area contributed by atoms with E-state index in [4.69, 9.17) is 4.74 Å². The van der Waals surface area contributed by atoms with Crippen LogP contribution in [-0.2, 0) is 4.79 Å². The molecule has 0 aliphatic heterocycles. The smallest absolute Gasteiger partial charge is 0.235 e. The first kappa shape index (κ1) is 14.8. The second-order valence-corrected chi connectivity index (χ2v) is 5.87. The number of hydrogen-bond acceptors (Lipinski definition) is 3. The lowest BCUT2D eigenvalue weighted by Gasteiger charge is -2.21. The molecule has 2 rings (SSSR count). The number of hydrogen-bond donors (Lipinski definition) is 0. The summed E-state index contributed by atoms with van der Waals surface area (Å²) in [5.74, 6) is 1.77. The van der Waals surface area contributed by atoms with E-state index < -0.39 is 0 Å². The number of rotatable bonds is 5. The summed E-state index contributed by atoms with van der Waals surface area (Å²) in [6.45, 7) is 4.30. The Hall–Kier alpha value is -1.60. The zero-order valence-electron chi connectivity index (χ0n) is 12.6. The van der Waals surface area contributed by atoms with Gasteiger partial charge in [0.2, 0.25) is 6.08 Å². The van der Waals surface area contributed by atoms with Crippen molar-refractivity contribution in [2.24, 2.45) is 10.9 Å². The highest BCUT2D eigenvalue weighted by Gasteiger charge is 2.27. The Morgan fingerprint density at radius 2 is 2.00 bits per heavy atom. The van der Waals surface area contributed by atoms with E-state index >= 15 is 0 Å². The van der Waals surface area contributed by atoms with Crippen molar-refractivity contribution in [2.75, 3.05) is 7.11 Å². The summed E-state index contributed by atoms with van der Waals surface area (Å²) in [4.78, 5) is 14.9. The van der Waals surface area contributed by atoms with E-state index in [1.807, 2.05) is 12.1 Å². The first-order valence-electron chi connectivity index (χ1n) is 7.42. The maximum atomic E-state index is 10.8. The SMILES string of the molecule is COc1ccc(C(N=C=O)C2CCCC2)cc1C(C)C. The van der Waals surface area contributed by atoms with Crippen LogP contribution < -0.4 is 4.74 Å². The number of ether oxygens (including phenoxy) is 1. The van der Waals surface area contributed by atoms with E-state index in [1.54, 1.807) is 13.2 Å². The summed E-state index contributed by atoms with van der Waals surface area (Å²) in [7, 11) is 1.69. The van der Waals surface area contributed by atoms with E-state index in [2.05, 4.69) is 24.9 Å². The number of benzene rings is 1. The van der Waals surface area contributed by atoms with Crippen molar-refractivity contribution in [1.82, 2.24) is 0 Å². The molecule has 0 N–H and O–H groups in total. The van der Waals surface area contributed by atoms with Crippen LogP contribution in [0.4, 0.5) is 0 Å². The quantitative estimate of drug-likeness (QED) is 0.589. The van der Waals surface area contributed by atoms with Gasteiger partial charge in [-0.2, -0.15) is 4.99 Å². The summed E-state index contributed by atoms with van der Waals surface area (Å²) in [5, 5.41) is 0. The van der Waals surface area contributed by atoms with Gasteiger partial charge in [0.25, 0.3) is 0 Å². The van der Waals surface area contributed by atoms with E-state index in [9.17, 15) is 4.79 Å². The minimum absolute atomic E-state index is 0.0431. The van der Waals surface area contributed by atoms with Crippen molar-refractivity contribution >= 4 is 6.08 Å². The summed E-state index contributed by atoms with van der Waals surface area (Å²) >= 11 is 0. The van der Waals surface area contributed by atoms with Crippen LogP contribution in [0.3, 0.4) is 0 Å². The Morgan fingerprint density at radius 1 is 1.30 bits per heavy atom. The van der Waals surface area contributed by atoms with Crippen LogP contribution >= 0.6 is 0 Å². The molecule has 0 amide bonds. The van der Waals surface area contributed by atoms with Crippen LogP contribution in [0.15, 0.2) is 23.2 Å². The van der Waals surface area contributed by atoms with Gasteiger partial charge in [-0.3, -0.25) is 0 Å². The van der Waals surface area contributed by atoms with Crippen LogP contribution in [0.2, 0.25) is 0 Å². The van der Waals surface area contributed by atoms with Crippen LogP contribution in [0.5, 0.6) is 5.75 Å². The van der Waals surface area contributed by atoms with Crippen molar-refractivity contribution in [2.45, 2.75) is 51.5 Å². The molecular weight excluding hydrogens is 250 g/mol. The van der Waals surface area contributed by atoms with Gasteiger partial charge in [0.15, 0.2) is 0 Å². The second kappa shape index (κ2) is 6.71. The molecule has 1 aromatic carbocycles. The molecule has 0 spiro atoms. The van der Waals surface area contributed by atoms with Gasteiger partial charge in [-0.25, -0.2) is 4.79 Å². The number of carbonyl (C=O) groups excluding carboxylic acids is 1. The third kappa shape index (κ3) is 3.10. The monoisotopic (exact) mass is 273 g/mol. The molecule has 0 aromatic heterocycles. The average molecular weight is 273 g/mol. The van der Waals surface area contributed by atoms with Crippen molar-refractivity contribution in [3.8, 4) is 5.75 Å². The molecule has 0 saturated heterocycles. The second-order valence-electron chi connectivity index (χ2n) is 5.87. The molecule has 0 bridgehead atoms. The molecular formula is C17H23NO2. The normalized spacial score (nSPS) is 17.0. The van der Waals surface area contributed by atoms with E-state index in [1.165, 1.54) is 18.4 Å². The first-order valence-corrected chi connectivity index (χ1v) is 7.42. The molecule has 3 nitrogen and oxygen atoms in total. The minimum atomic E-state index is -0.0431. The number of aliphatic imine (C=N–C) groups is 1. The number of nitrogens with zero attached hydrogens (tertiary/aromatic N) is 1. The van der Waals surface area contributed by atoms with Gasteiger partial charge in [0.05, 0.1) is 13.2 Å². The molecule has 1 aliphatic rings. The number of methoxy groups -OCH3 is 1. The molecule has 1 aromatic rings. The summed E-state index contributed by atoms with van der Waals surface area (Å²) < 4.78 is 5.42. The van der Waals surface area contributed by atoms with Gasteiger partial charge in [0, 0.05) is 0 Å². The Kier molecular flexibility index (Phi) is 4.97. The third-order valence-corrected chi connectivity index (χ3v) is 4.26. The zero-order chi connectivity index (χ0) is 14.5. The average Bonchev–Trinajstić information content (AvgIpc) is 2.98. The topological polar surface area (TPSA) is 38.7 Å². The summed E-state index contributed by atoms with van der Waals surface area (Å²) in [6.07, 6.45) is 6.55. The van der Waals surface area contributed by atoms with Crippen LogP contribution in [0.25, 0.3) is 0 Å². The van der Waals surface area contributed by atoms with Gasteiger partial charge >= 0.3 is 0 Å². The van der Waals surface area contributed by atoms with Gasteiger partial charge in [0.1, 0.15) is 5.75 Å². The van der Waals surface area contributed by atoms with Gasteiger partial charge in [-0.05, 0) is 47.9 Å². The molecule has 20 heavy (non-hydrogen) atoms. The van der Waals surface area contributed by atoms with E-state index in [0.29, 0.717) is 11.8 Å². The summed E-state index contributed by atoms with van der Waals surface area (Å²) in [6, 6.07) is 6.13. The van der Waals surface area contributed by atoms with Crippen LogP contribution in [0.1, 0.15) is 62.6 Å². The maximum absolute atomic E-state index is 10.8. The van der Waals surface area contributed by atoms with Crippen LogP contribution in [0, 0.1) is 5.92 Å². The summed E-state index contributed by atoms with van der Waals surface area (Å²) in [5.41, 5.74) is 2.29. The molecule has 1 atom stereocenters. The van der Waals surface area contributed by atoms with Gasteiger partial charge < -0.3 is 4.74 Å². The molecule has 3 heteroatoms. The predicted molar refractivity (Wildman–Crippen MR) is 79.9 cm³/mol. The molecule has 0 heterocycles. The number of isocyanates is 1. The molecule has 1 fully saturated rings. The standard InChI is InChI=1S/C17H23NO2/c1-12(2)15-10-14(8-9-16(15)20-3)17(18-11-19)13-6-4-5-7-13/h8-10,12-13,17H,4-7H2,1-3H3. The minimum Gasteiger partial charge on any atom is -0.496 e. The molecule has 1 saturated carbocycles. The Balaban J connectivity index is 2.37. The predicted octanol–water partition coefficient (Wildman–Crippen LogP) is 4.39. The highest BCUT2D eigenvalue weighted by Crippen LogP contribution is 2.40. The highest BCUT2D eigenvalue weighted by molar-refractivity contribution is 5.42. The van der Waals surface area contributed by atoms with Crippen molar-refractivity contribution in [1.29, 1.82) is 0 Å². The van der Waals surface area contributed by atoms with E-state index in [0.717, 1.165) is 24.2 Å². The Bertz CT molecular complexity index is 498. The fourth-order valence-corrected chi connectivity index (χ4v) is 3.17. The van der Waals surface area contributed by atoms with Gasteiger partial charge in [-0.1, -0.05) is 32.8 Å². The van der Waals surface area contributed by atoms with Crippen molar-refractivity contribution < 1.29 is 9.53 Å². The Labute approximate surface area is 121 Å². The third-order valence-electron chi connectivity index (χ3n) is 4.26. The Morgan fingerprint density at radius 3 is 2.55 bits per heavy atom. The fraction of sp³-hybridized carbons (Fsp3) is 0.588. The maximum Gasteiger partial charge on any atom is 0.235 e. The zero-order valence-corrected chi connectivity index (χ0v) is 12.6.